The molecule has 0 saturated carbocycles. The van der Waals surface area contributed by atoms with E-state index in [2.05, 4.69) is 0 Å². The first kappa shape index (κ1) is 36.4. The number of rotatable bonds is 0. The zero-order chi connectivity index (χ0) is 14.3. The van der Waals surface area contributed by atoms with Crippen LogP contribution in [-0.4, -0.2) is 23.9 Å². The zero-order valence-corrected chi connectivity index (χ0v) is 17.0. The van der Waals surface area contributed by atoms with Gasteiger partial charge in [0, 0.05) is 23.9 Å². The smallest absolute Gasteiger partial charge is 0.550 e. The molecule has 0 aromatic carbocycles. The first-order valence-corrected chi connectivity index (χ1v) is 3.63. The van der Waals surface area contributed by atoms with Crippen LogP contribution in [0.5, 0.6) is 0 Å². The summed E-state index contributed by atoms with van der Waals surface area (Å²) in [7, 11) is 0. The van der Waals surface area contributed by atoms with Gasteiger partial charge in [-0.1, -0.05) is 0 Å². The fourth-order valence-electron chi connectivity index (χ4n) is 0. The fourth-order valence-corrected chi connectivity index (χ4v) is 0. The molecule has 8 nitrogen and oxygen atoms in total. The van der Waals surface area contributed by atoms with Gasteiger partial charge in [0.2, 0.25) is 0 Å². The van der Waals surface area contributed by atoms with E-state index in [1.165, 1.54) is 0 Å². The van der Waals surface area contributed by atoms with Crippen molar-refractivity contribution in [3.8, 4) is 0 Å². The van der Waals surface area contributed by atoms with E-state index in [4.69, 9.17) is 39.6 Å². The van der Waals surface area contributed by atoms with Gasteiger partial charge in [0.25, 0.3) is 0 Å². The van der Waals surface area contributed by atoms with Crippen LogP contribution in [0.2, 0.25) is 0 Å². The first-order valence-electron chi connectivity index (χ1n) is 3.63. The average molecular weight is 415 g/mol. The molecular formula is C8H12CeKO8. The van der Waals surface area contributed by atoms with Crippen LogP contribution in [0, 0.1) is 41.7 Å². The maximum atomic E-state index is 8.89. The minimum atomic E-state index is -1.08. The molecule has 0 rings (SSSR count). The van der Waals surface area contributed by atoms with Crippen LogP contribution in [0.25, 0.3) is 0 Å². The molecule has 0 unspecified atom stereocenters. The normalized spacial score (nSPS) is 5.56. The molecule has 0 atom stereocenters. The van der Waals surface area contributed by atoms with Crippen molar-refractivity contribution < 1.29 is 133 Å². The number of hydrogen-bond donors (Lipinski definition) is 0. The predicted octanol–water partition coefficient (Wildman–Crippen LogP) is -7.97. The third-order valence-electron chi connectivity index (χ3n) is 0. The van der Waals surface area contributed by atoms with E-state index < -0.39 is 23.9 Å². The summed E-state index contributed by atoms with van der Waals surface area (Å²) in [4.78, 5) is 35.6. The Morgan fingerprint density at radius 3 is 0.556 bits per heavy atom. The molecular weight excluding hydrogens is 403 g/mol. The van der Waals surface area contributed by atoms with Gasteiger partial charge in [0.05, 0.1) is 0 Å². The second-order valence-corrected chi connectivity index (χ2v) is 1.97. The van der Waals surface area contributed by atoms with Gasteiger partial charge < -0.3 is 39.6 Å². The van der Waals surface area contributed by atoms with Crippen molar-refractivity contribution in [2.45, 2.75) is 27.7 Å². The predicted molar refractivity (Wildman–Crippen MR) is 42.7 cm³/mol. The Hall–Kier alpha value is 0.893. The zero-order valence-electron chi connectivity index (χ0n) is 10.8. The van der Waals surface area contributed by atoms with Crippen molar-refractivity contribution in [3.05, 3.63) is 0 Å². The Kier molecular flexibility index (Phi) is 62.1. The summed E-state index contributed by atoms with van der Waals surface area (Å²) in [6, 6.07) is 0. The molecule has 0 aromatic heterocycles. The number of carbonyl (C=O) groups is 4. The molecule has 0 saturated heterocycles. The summed E-state index contributed by atoms with van der Waals surface area (Å²) >= 11 is 0. The summed E-state index contributed by atoms with van der Waals surface area (Å²) in [5, 5.41) is 35.6. The Labute approximate surface area is 181 Å². The van der Waals surface area contributed by atoms with E-state index in [1.54, 1.807) is 0 Å². The van der Waals surface area contributed by atoms with Gasteiger partial charge in [0.15, 0.2) is 0 Å². The monoisotopic (exact) mass is 415 g/mol. The van der Waals surface area contributed by atoms with Gasteiger partial charge in [-0.25, -0.2) is 0 Å². The number of carboxylic acid groups (broad SMARTS) is 4. The van der Waals surface area contributed by atoms with E-state index >= 15 is 0 Å². The van der Waals surface area contributed by atoms with Crippen molar-refractivity contribution in [1.82, 2.24) is 0 Å². The minimum Gasteiger partial charge on any atom is -0.550 e. The van der Waals surface area contributed by atoms with Gasteiger partial charge in [-0.3, -0.25) is 0 Å². The quantitative estimate of drug-likeness (QED) is 0.353. The molecule has 0 aliphatic heterocycles. The van der Waals surface area contributed by atoms with Crippen LogP contribution in [0.3, 0.4) is 0 Å². The second-order valence-electron chi connectivity index (χ2n) is 1.97. The largest absolute Gasteiger partial charge is 3.00 e. The molecule has 0 heterocycles. The Bertz CT molecular complexity index is 167. The molecule has 1 radical (unpaired) electrons. The molecule has 97 valence electrons. The molecule has 18 heavy (non-hydrogen) atoms. The number of carbonyl (C=O) groups excluding carboxylic acids is 4. The number of carboxylic acids is 4. The summed E-state index contributed by atoms with van der Waals surface area (Å²) in [6.45, 7) is 3.89. The van der Waals surface area contributed by atoms with E-state index in [0.29, 0.717) is 0 Å². The summed E-state index contributed by atoms with van der Waals surface area (Å²) in [6.07, 6.45) is 0. The fraction of sp³-hybridized carbons (Fsp3) is 0.500. The second kappa shape index (κ2) is 30.7. The SMILES string of the molecule is CC(=O)[O-].CC(=O)[O-].CC(=O)[O-].CC(=O)[O-].[Ce+3].[K+]. The minimum absolute atomic E-state index is 0. The van der Waals surface area contributed by atoms with Crippen molar-refractivity contribution in [2.75, 3.05) is 0 Å². The van der Waals surface area contributed by atoms with E-state index in [1.807, 2.05) is 0 Å². The van der Waals surface area contributed by atoms with Crippen LogP contribution < -0.4 is 71.8 Å². The third-order valence-corrected chi connectivity index (χ3v) is 0. The van der Waals surface area contributed by atoms with E-state index in [-0.39, 0.29) is 93.1 Å². The van der Waals surface area contributed by atoms with Gasteiger partial charge in [-0.2, -0.15) is 0 Å². The Morgan fingerprint density at radius 1 is 0.556 bits per heavy atom. The van der Waals surface area contributed by atoms with Gasteiger partial charge in [-0.15, -0.1) is 0 Å². The van der Waals surface area contributed by atoms with Crippen molar-refractivity contribution in [1.29, 1.82) is 0 Å². The van der Waals surface area contributed by atoms with Gasteiger partial charge in [-0.05, 0) is 27.7 Å². The topological polar surface area (TPSA) is 161 Å². The first-order chi connectivity index (χ1) is 6.93. The molecule has 0 spiro atoms. The molecule has 0 amide bonds. The maximum absolute atomic E-state index is 8.89. The Balaban J connectivity index is -0.0000000257. The molecule has 0 fully saturated rings. The standard InChI is InChI=1S/4C2H4O2.Ce.K/c4*1-2(3)4;;/h4*1H3,(H,3,4);;/q;;;;+3;+1/p-4. The summed E-state index contributed by atoms with van der Waals surface area (Å²) in [5.41, 5.74) is 0. The average Bonchev–Trinajstić information content (AvgIpc) is 1.76. The van der Waals surface area contributed by atoms with Crippen LogP contribution in [-0.2, 0) is 19.2 Å². The molecule has 0 aliphatic rings. The summed E-state index contributed by atoms with van der Waals surface area (Å²) < 4.78 is 0. The summed E-state index contributed by atoms with van der Waals surface area (Å²) in [5.74, 6) is -4.33. The van der Waals surface area contributed by atoms with Crippen molar-refractivity contribution >= 4 is 23.9 Å². The van der Waals surface area contributed by atoms with Gasteiger partial charge >= 0.3 is 93.1 Å². The van der Waals surface area contributed by atoms with Crippen molar-refractivity contribution in [2.24, 2.45) is 0 Å². The Morgan fingerprint density at radius 2 is 0.556 bits per heavy atom. The molecule has 0 aliphatic carbocycles. The molecule has 10 heteroatoms. The molecule has 0 bridgehead atoms. The van der Waals surface area contributed by atoms with E-state index in [9.17, 15) is 0 Å². The maximum Gasteiger partial charge on any atom is 3.00 e. The third kappa shape index (κ3) is 5350. The molecule has 0 N–H and O–H groups in total. The number of aliphatic carboxylic acids is 4. The van der Waals surface area contributed by atoms with Crippen LogP contribution in [0.4, 0.5) is 0 Å². The molecule has 0 aromatic rings. The van der Waals surface area contributed by atoms with Crippen molar-refractivity contribution in [3.63, 3.8) is 0 Å². The van der Waals surface area contributed by atoms with Gasteiger partial charge in [0.1, 0.15) is 0 Å². The number of hydrogen-bond acceptors (Lipinski definition) is 8. The van der Waals surface area contributed by atoms with Crippen LogP contribution in [0.15, 0.2) is 0 Å². The van der Waals surface area contributed by atoms with Crippen LogP contribution in [0.1, 0.15) is 27.7 Å². The van der Waals surface area contributed by atoms with E-state index in [0.717, 1.165) is 27.7 Å². The van der Waals surface area contributed by atoms with Crippen LogP contribution >= 0.6 is 0 Å².